The third-order valence-corrected chi connectivity index (χ3v) is 10.2. The lowest BCUT2D eigenvalue weighted by molar-refractivity contribution is -0.436. The van der Waals surface area contributed by atoms with E-state index >= 15 is 0 Å². The Morgan fingerprint density at radius 2 is 1.54 bits per heavy atom. The molecule has 0 amide bonds. The number of anilines is 1. The Kier molecular flexibility index (Phi) is 10.3. The summed E-state index contributed by atoms with van der Waals surface area (Å²) < 4.78 is 66.9. The van der Waals surface area contributed by atoms with Gasteiger partial charge in [-0.15, -0.1) is 0 Å². The van der Waals surface area contributed by atoms with Crippen LogP contribution in [0.25, 0.3) is 0 Å². The highest BCUT2D eigenvalue weighted by Gasteiger charge is 2.44. The first-order chi connectivity index (χ1) is 21.4. The highest BCUT2D eigenvalue weighted by Crippen LogP contribution is 2.48. The summed E-state index contributed by atoms with van der Waals surface area (Å²) in [6.45, 7) is 8.94. The Bertz CT molecular complexity index is 1880. The number of allylic oxidation sites excluding steroid dienone is 8. The van der Waals surface area contributed by atoms with Gasteiger partial charge in [0.05, 0.1) is 16.1 Å². The maximum atomic E-state index is 11.9. The fraction of sp³-hybridized carbons (Fsp3) is 0.353. The van der Waals surface area contributed by atoms with Crippen molar-refractivity contribution in [3.8, 4) is 0 Å². The smallest absolute Gasteiger partial charge is 0.309 e. The molecule has 246 valence electrons. The van der Waals surface area contributed by atoms with Gasteiger partial charge in [0.15, 0.2) is 12.3 Å². The van der Waals surface area contributed by atoms with E-state index in [0.29, 0.717) is 25.1 Å². The van der Waals surface area contributed by atoms with Crippen LogP contribution in [0.5, 0.6) is 0 Å². The average molecular weight is 670 g/mol. The SMILES string of the molecule is CC1(C)C(=CC=CC=CC=CC2=[N+](CCC(=O)O)c3ccccc3C2(C)C)N(CCCCS(=O)(=O)O)c2ccc(S(=O)(=O)O)cc21. The minimum absolute atomic E-state index is 0.0178. The van der Waals surface area contributed by atoms with Gasteiger partial charge < -0.3 is 10.0 Å². The van der Waals surface area contributed by atoms with Crippen molar-refractivity contribution in [1.82, 2.24) is 0 Å². The molecule has 4 rings (SSSR count). The van der Waals surface area contributed by atoms with Gasteiger partial charge in [0, 0.05) is 41.1 Å². The molecule has 2 aliphatic rings. The van der Waals surface area contributed by atoms with E-state index in [4.69, 9.17) is 4.55 Å². The van der Waals surface area contributed by atoms with Crippen molar-refractivity contribution in [2.45, 2.75) is 62.7 Å². The molecule has 0 saturated heterocycles. The zero-order valence-electron chi connectivity index (χ0n) is 26.4. The van der Waals surface area contributed by atoms with Crippen LogP contribution in [0.3, 0.4) is 0 Å². The summed E-state index contributed by atoms with van der Waals surface area (Å²) in [7, 11) is -8.49. The number of nitrogens with zero attached hydrogens (tertiary/aromatic N) is 2. The second-order valence-electron chi connectivity index (χ2n) is 12.4. The summed E-state index contributed by atoms with van der Waals surface area (Å²) >= 11 is 0. The fourth-order valence-electron chi connectivity index (χ4n) is 6.19. The zero-order valence-corrected chi connectivity index (χ0v) is 28.1. The molecule has 2 heterocycles. The van der Waals surface area contributed by atoms with Gasteiger partial charge in [-0.1, -0.05) is 62.4 Å². The number of aliphatic carboxylic acids is 1. The van der Waals surface area contributed by atoms with Crippen LogP contribution in [0.2, 0.25) is 0 Å². The molecule has 0 unspecified atom stereocenters. The largest absolute Gasteiger partial charge is 0.481 e. The van der Waals surface area contributed by atoms with Crippen LogP contribution in [-0.2, 0) is 35.9 Å². The number of unbranched alkanes of at least 4 members (excludes halogenated alkanes) is 1. The molecule has 2 aromatic rings. The molecule has 0 saturated carbocycles. The molecular weight excluding hydrogens is 629 g/mol. The number of benzene rings is 2. The highest BCUT2D eigenvalue weighted by atomic mass is 32.2. The van der Waals surface area contributed by atoms with E-state index in [-0.39, 0.29) is 28.9 Å². The zero-order chi connectivity index (χ0) is 33.9. The molecule has 0 fully saturated rings. The summed E-state index contributed by atoms with van der Waals surface area (Å²) in [6, 6.07) is 12.5. The second kappa shape index (κ2) is 13.5. The van der Waals surface area contributed by atoms with Gasteiger partial charge in [-0.05, 0) is 56.5 Å². The van der Waals surface area contributed by atoms with Crippen LogP contribution >= 0.6 is 0 Å². The summed E-state index contributed by atoms with van der Waals surface area (Å²) in [6.07, 6.45) is 14.0. The normalized spacial score (nSPS) is 18.4. The minimum Gasteiger partial charge on any atom is -0.481 e. The van der Waals surface area contributed by atoms with Crippen molar-refractivity contribution in [1.29, 1.82) is 0 Å². The average Bonchev–Trinajstić information content (AvgIpc) is 3.31. The molecule has 0 bridgehead atoms. The van der Waals surface area contributed by atoms with E-state index in [0.717, 1.165) is 28.3 Å². The molecule has 0 aliphatic carbocycles. The van der Waals surface area contributed by atoms with Crippen LogP contribution in [0, 0.1) is 0 Å². The van der Waals surface area contributed by atoms with Crippen molar-refractivity contribution in [3.63, 3.8) is 0 Å². The van der Waals surface area contributed by atoms with Crippen LogP contribution in [0.15, 0.2) is 95.6 Å². The topological polar surface area (TPSA) is 152 Å². The van der Waals surface area contributed by atoms with E-state index in [1.54, 1.807) is 6.07 Å². The van der Waals surface area contributed by atoms with Crippen LogP contribution in [0.1, 0.15) is 58.1 Å². The Hall–Kier alpha value is -3.84. The van der Waals surface area contributed by atoms with Crippen molar-refractivity contribution in [2.24, 2.45) is 0 Å². The number of carboxylic acid groups (broad SMARTS) is 1. The van der Waals surface area contributed by atoms with Crippen molar-refractivity contribution in [3.05, 3.63) is 102 Å². The van der Waals surface area contributed by atoms with Crippen LogP contribution in [-0.4, -0.2) is 66.1 Å². The first-order valence-corrected chi connectivity index (χ1v) is 18.0. The fourth-order valence-corrected chi connectivity index (χ4v) is 7.26. The van der Waals surface area contributed by atoms with Gasteiger partial charge in [-0.3, -0.25) is 13.9 Å². The third-order valence-electron chi connectivity index (χ3n) is 8.50. The number of para-hydroxylation sites is 1. The monoisotopic (exact) mass is 669 g/mol. The molecular formula is C34H41N2O8S2+. The lowest BCUT2D eigenvalue weighted by Crippen LogP contribution is -2.28. The third kappa shape index (κ3) is 7.75. The van der Waals surface area contributed by atoms with E-state index in [1.165, 1.54) is 12.1 Å². The maximum Gasteiger partial charge on any atom is 0.309 e. The Morgan fingerprint density at radius 1 is 0.870 bits per heavy atom. The molecule has 3 N–H and O–H groups in total. The van der Waals surface area contributed by atoms with Crippen LogP contribution in [0.4, 0.5) is 11.4 Å². The van der Waals surface area contributed by atoms with Gasteiger partial charge in [0.1, 0.15) is 6.42 Å². The molecule has 2 aromatic carbocycles. The van der Waals surface area contributed by atoms with Crippen molar-refractivity contribution < 1.29 is 40.4 Å². The summed E-state index contributed by atoms with van der Waals surface area (Å²) in [5, 5.41) is 9.29. The molecule has 0 atom stereocenters. The molecule has 0 spiro atoms. The van der Waals surface area contributed by atoms with Crippen LogP contribution < -0.4 is 4.90 Å². The van der Waals surface area contributed by atoms with E-state index in [2.05, 4.69) is 24.5 Å². The van der Waals surface area contributed by atoms with Gasteiger partial charge in [0.2, 0.25) is 5.69 Å². The van der Waals surface area contributed by atoms with Crippen molar-refractivity contribution in [2.75, 3.05) is 23.7 Å². The lowest BCUT2D eigenvalue weighted by atomic mass is 9.81. The molecule has 12 heteroatoms. The highest BCUT2D eigenvalue weighted by molar-refractivity contribution is 7.86. The summed E-state index contributed by atoms with van der Waals surface area (Å²) in [5.41, 5.74) is 4.54. The van der Waals surface area contributed by atoms with Gasteiger partial charge >= 0.3 is 5.97 Å². The van der Waals surface area contributed by atoms with E-state index in [1.807, 2.05) is 79.5 Å². The van der Waals surface area contributed by atoms with Crippen molar-refractivity contribution >= 4 is 43.3 Å². The predicted molar refractivity (Wildman–Crippen MR) is 179 cm³/mol. The maximum absolute atomic E-state index is 11.9. The standard InChI is InChI=1S/C34H40N2O8S2/c1-33(2)26-14-10-11-15-28(26)36(22-20-32(37)38)30(33)16-8-6-5-7-9-17-31-34(3,4)27-24-25(46(42,43)44)18-19-29(27)35(31)21-12-13-23-45(39,40)41/h5-11,14-19,24H,12-13,20-23H2,1-4H3,(H2-,37,38,39,40,41,42,43,44)/p+1. The van der Waals surface area contributed by atoms with E-state index in [9.17, 15) is 31.3 Å². The Balaban J connectivity index is 1.57. The molecule has 10 nitrogen and oxygen atoms in total. The molecule has 2 aliphatic heterocycles. The Labute approximate surface area is 271 Å². The van der Waals surface area contributed by atoms with Gasteiger partial charge in [-0.25, -0.2) is 0 Å². The number of hydrogen-bond acceptors (Lipinski definition) is 6. The number of carbonyl (C=O) groups is 1. The number of rotatable bonds is 13. The molecule has 46 heavy (non-hydrogen) atoms. The Morgan fingerprint density at radius 3 is 2.22 bits per heavy atom. The minimum atomic E-state index is -4.41. The number of fused-ring (bicyclic) bond motifs is 2. The predicted octanol–water partition coefficient (Wildman–Crippen LogP) is 5.80. The number of carboxylic acids is 1. The first kappa shape index (κ1) is 35.0. The summed E-state index contributed by atoms with van der Waals surface area (Å²) in [5.74, 6) is -1.20. The summed E-state index contributed by atoms with van der Waals surface area (Å²) in [4.78, 5) is 13.1. The second-order valence-corrected chi connectivity index (χ2v) is 15.4. The van der Waals surface area contributed by atoms with Gasteiger partial charge in [0.25, 0.3) is 20.2 Å². The van der Waals surface area contributed by atoms with E-state index < -0.39 is 31.6 Å². The van der Waals surface area contributed by atoms with Gasteiger partial charge in [-0.2, -0.15) is 21.4 Å². The first-order valence-electron chi connectivity index (χ1n) is 15.0. The molecule has 0 radical (unpaired) electrons. The quantitative estimate of drug-likeness (QED) is 0.104. The molecule has 0 aromatic heterocycles. The number of hydrogen-bond donors (Lipinski definition) is 3. The lowest BCUT2D eigenvalue weighted by Gasteiger charge is -2.27.